The Morgan fingerprint density at radius 2 is 1.92 bits per heavy atom. The van der Waals surface area contributed by atoms with E-state index in [1.54, 1.807) is 0 Å². The minimum Gasteiger partial charge on any atom is -0.389 e. The molecule has 0 bridgehead atoms. The first-order valence-electron chi connectivity index (χ1n) is 3.61. The minimum absolute atomic E-state index is 0.0475. The summed E-state index contributed by atoms with van der Waals surface area (Å²) in [6.07, 6.45) is -3.72. The molecule has 0 aliphatic carbocycles. The van der Waals surface area contributed by atoms with Crippen LogP contribution in [-0.2, 0) is 4.79 Å². The summed E-state index contributed by atoms with van der Waals surface area (Å²) in [5.74, 6) is -0.742. The number of hydrogen-bond acceptors (Lipinski definition) is 5. The maximum atomic E-state index is 10.6. The zero-order chi connectivity index (χ0) is 9.30. The normalized spacial score (nSPS) is 42.6. The van der Waals surface area contributed by atoms with Crippen LogP contribution in [0.1, 0.15) is 0 Å². The van der Waals surface area contributed by atoms with E-state index in [2.05, 4.69) is 5.32 Å². The number of piperidine rings is 1. The summed E-state index contributed by atoms with van der Waals surface area (Å²) in [7, 11) is 0. The van der Waals surface area contributed by atoms with Gasteiger partial charge in [0.25, 0.3) is 0 Å². The Bertz CT molecular complexity index is 186. The number of carbonyl (C=O) groups excluding carboxylic acids is 1. The van der Waals surface area contributed by atoms with E-state index in [1.807, 2.05) is 0 Å². The van der Waals surface area contributed by atoms with E-state index in [9.17, 15) is 9.90 Å². The van der Waals surface area contributed by atoms with Crippen LogP contribution in [0, 0.1) is 0 Å². The van der Waals surface area contributed by atoms with E-state index in [0.29, 0.717) is 0 Å². The van der Waals surface area contributed by atoms with Gasteiger partial charge in [0, 0.05) is 6.54 Å². The molecule has 1 aliphatic heterocycles. The smallest absolute Gasteiger partial charge is 0.237 e. The average molecular weight is 176 g/mol. The molecule has 12 heavy (non-hydrogen) atoms. The van der Waals surface area contributed by atoms with E-state index >= 15 is 0 Å². The van der Waals surface area contributed by atoms with Crippen molar-refractivity contribution in [1.82, 2.24) is 5.32 Å². The second kappa shape index (κ2) is 3.36. The van der Waals surface area contributed by atoms with Gasteiger partial charge in [0.05, 0.1) is 6.10 Å². The van der Waals surface area contributed by atoms with Gasteiger partial charge in [-0.2, -0.15) is 0 Å². The van der Waals surface area contributed by atoms with Gasteiger partial charge in [-0.25, -0.2) is 0 Å². The van der Waals surface area contributed by atoms with Crippen molar-refractivity contribution < 1.29 is 20.1 Å². The second-order valence-electron chi connectivity index (χ2n) is 2.84. The highest BCUT2D eigenvalue weighted by atomic mass is 16.4. The fourth-order valence-corrected chi connectivity index (χ4v) is 1.18. The third-order valence-corrected chi connectivity index (χ3v) is 1.94. The van der Waals surface area contributed by atoms with Crippen molar-refractivity contribution in [3.63, 3.8) is 0 Å². The molecular formula is C6H12N2O4. The molecule has 0 spiro atoms. The lowest BCUT2D eigenvalue weighted by Gasteiger charge is -2.34. The molecule has 1 heterocycles. The van der Waals surface area contributed by atoms with Crippen LogP contribution in [0.4, 0.5) is 0 Å². The van der Waals surface area contributed by atoms with Crippen LogP contribution in [0.2, 0.25) is 0 Å². The number of carbonyl (C=O) groups is 1. The van der Waals surface area contributed by atoms with Crippen LogP contribution in [0.5, 0.6) is 0 Å². The standard InChI is InChI=1S/C6H12N2O4/c7-6(12)3-5(11)4(10)2(9)1-8-3/h2-5,8-11H,1H2,(H2,7,12). The van der Waals surface area contributed by atoms with Crippen molar-refractivity contribution in [2.75, 3.05) is 6.54 Å². The molecule has 70 valence electrons. The number of nitrogens with two attached hydrogens (primary N) is 1. The number of aliphatic hydroxyl groups excluding tert-OH is 3. The van der Waals surface area contributed by atoms with Crippen LogP contribution >= 0.6 is 0 Å². The van der Waals surface area contributed by atoms with Crippen LogP contribution in [0.15, 0.2) is 0 Å². The number of nitrogens with one attached hydrogen (secondary N) is 1. The number of primary amides is 1. The first-order valence-corrected chi connectivity index (χ1v) is 3.61. The van der Waals surface area contributed by atoms with Crippen molar-refractivity contribution in [3.05, 3.63) is 0 Å². The molecule has 0 aromatic heterocycles. The summed E-state index contributed by atoms with van der Waals surface area (Å²) in [5, 5.41) is 29.9. The Labute approximate surface area is 69.0 Å². The third-order valence-electron chi connectivity index (χ3n) is 1.94. The fourth-order valence-electron chi connectivity index (χ4n) is 1.18. The van der Waals surface area contributed by atoms with Gasteiger partial charge in [-0.15, -0.1) is 0 Å². The van der Waals surface area contributed by atoms with E-state index in [1.165, 1.54) is 0 Å². The summed E-state index contributed by atoms with van der Waals surface area (Å²) < 4.78 is 0. The van der Waals surface area contributed by atoms with Gasteiger partial charge >= 0.3 is 0 Å². The molecule has 6 N–H and O–H groups in total. The van der Waals surface area contributed by atoms with Crippen molar-refractivity contribution in [1.29, 1.82) is 0 Å². The van der Waals surface area contributed by atoms with E-state index < -0.39 is 30.3 Å². The lowest BCUT2D eigenvalue weighted by Crippen LogP contribution is -2.63. The van der Waals surface area contributed by atoms with Crippen molar-refractivity contribution >= 4 is 5.91 Å². The van der Waals surface area contributed by atoms with E-state index in [-0.39, 0.29) is 6.54 Å². The highest BCUT2D eigenvalue weighted by Gasteiger charge is 2.38. The Balaban J connectivity index is 2.65. The molecule has 0 saturated carbocycles. The predicted molar refractivity (Wildman–Crippen MR) is 39.0 cm³/mol. The maximum Gasteiger partial charge on any atom is 0.237 e. The van der Waals surface area contributed by atoms with Gasteiger partial charge in [0.1, 0.15) is 18.2 Å². The molecule has 1 fully saturated rings. The van der Waals surface area contributed by atoms with Gasteiger partial charge in [-0.1, -0.05) is 0 Å². The summed E-state index contributed by atoms with van der Waals surface area (Å²) >= 11 is 0. The maximum absolute atomic E-state index is 10.6. The number of rotatable bonds is 1. The second-order valence-corrected chi connectivity index (χ2v) is 2.84. The van der Waals surface area contributed by atoms with Crippen molar-refractivity contribution in [2.45, 2.75) is 24.4 Å². The molecule has 0 aromatic carbocycles. The van der Waals surface area contributed by atoms with E-state index in [0.717, 1.165) is 0 Å². The van der Waals surface area contributed by atoms with Crippen LogP contribution < -0.4 is 11.1 Å². The molecule has 1 saturated heterocycles. The Morgan fingerprint density at radius 3 is 2.42 bits per heavy atom. The number of amides is 1. The largest absolute Gasteiger partial charge is 0.389 e. The van der Waals surface area contributed by atoms with Crippen molar-refractivity contribution in [3.8, 4) is 0 Å². The van der Waals surface area contributed by atoms with Gasteiger partial charge in [-0.05, 0) is 0 Å². The highest BCUT2D eigenvalue weighted by Crippen LogP contribution is 2.09. The zero-order valence-electron chi connectivity index (χ0n) is 6.34. The zero-order valence-corrected chi connectivity index (χ0v) is 6.34. The van der Waals surface area contributed by atoms with Gasteiger partial charge in [0.15, 0.2) is 0 Å². The SMILES string of the molecule is NC(=O)C1NCC(O)C(O)C1O. The average Bonchev–Trinajstić information content (AvgIpc) is 2.00. The molecule has 1 aliphatic rings. The lowest BCUT2D eigenvalue weighted by atomic mass is 9.96. The summed E-state index contributed by atoms with van der Waals surface area (Å²) in [5.41, 5.74) is 4.91. The first-order chi connectivity index (χ1) is 5.54. The molecule has 0 radical (unpaired) electrons. The lowest BCUT2D eigenvalue weighted by molar-refractivity contribution is -0.134. The molecule has 6 nitrogen and oxygen atoms in total. The van der Waals surface area contributed by atoms with Gasteiger partial charge in [0.2, 0.25) is 5.91 Å². The summed E-state index contributed by atoms with van der Waals surface area (Å²) in [6, 6.07) is -0.983. The molecule has 1 amide bonds. The van der Waals surface area contributed by atoms with Gasteiger partial charge < -0.3 is 26.4 Å². The monoisotopic (exact) mass is 176 g/mol. The summed E-state index contributed by atoms with van der Waals surface area (Å²) in [6.45, 7) is 0.0475. The van der Waals surface area contributed by atoms with E-state index in [4.69, 9.17) is 15.9 Å². The molecule has 6 heteroatoms. The predicted octanol–water partition coefficient (Wildman–Crippen LogP) is -3.47. The summed E-state index contributed by atoms with van der Waals surface area (Å²) in [4.78, 5) is 10.6. The van der Waals surface area contributed by atoms with Crippen LogP contribution in [0.25, 0.3) is 0 Å². The quantitative estimate of drug-likeness (QED) is 0.284. The number of β-amino-alcohol motifs (C(OH)–C–C–N with tert-alkyl or cyclic N) is 1. The molecule has 0 aromatic rings. The first kappa shape index (κ1) is 9.40. The van der Waals surface area contributed by atoms with Crippen LogP contribution in [0.3, 0.4) is 0 Å². The third kappa shape index (κ3) is 1.56. The minimum atomic E-state index is -1.34. The topological polar surface area (TPSA) is 116 Å². The number of hydrogen-bond donors (Lipinski definition) is 5. The molecular weight excluding hydrogens is 164 g/mol. The Morgan fingerprint density at radius 1 is 1.33 bits per heavy atom. The Hall–Kier alpha value is -0.690. The highest BCUT2D eigenvalue weighted by molar-refractivity contribution is 5.80. The van der Waals surface area contributed by atoms with Gasteiger partial charge in [-0.3, -0.25) is 4.79 Å². The molecule has 4 atom stereocenters. The fraction of sp³-hybridized carbons (Fsp3) is 0.833. The molecule has 1 rings (SSSR count). The van der Waals surface area contributed by atoms with Crippen LogP contribution in [-0.4, -0.2) is 52.1 Å². The Kier molecular flexibility index (Phi) is 2.63. The van der Waals surface area contributed by atoms with Crippen molar-refractivity contribution in [2.24, 2.45) is 5.73 Å². The number of aliphatic hydroxyl groups is 3. The molecule has 4 unspecified atom stereocenters.